The van der Waals surface area contributed by atoms with Crippen molar-refractivity contribution in [2.24, 2.45) is 11.1 Å². The average Bonchev–Trinajstić information content (AvgIpc) is 2.29. The molecule has 0 fully saturated rings. The first kappa shape index (κ1) is 17.6. The summed E-state index contributed by atoms with van der Waals surface area (Å²) in [6.45, 7) is 7.09. The summed E-state index contributed by atoms with van der Waals surface area (Å²) in [6.07, 6.45) is 0.356. The normalized spacial score (nSPS) is 13.3. The molecule has 21 heavy (non-hydrogen) atoms. The predicted octanol–water partition coefficient (Wildman–Crippen LogP) is 2.37. The van der Waals surface area contributed by atoms with Crippen molar-refractivity contribution >= 4 is 16.0 Å². The number of esters is 1. The fourth-order valence-corrected chi connectivity index (χ4v) is 2.73. The fourth-order valence-electron chi connectivity index (χ4n) is 2.02. The fraction of sp³-hybridized carbons (Fsp3) is 0.500. The molecule has 118 valence electrons. The molecule has 1 atom stereocenters. The standard InChI is InChI=1S/C14H20FNO4S/c1-8(2)5-10(4)20-14(17)11-6-9(3)13(15)12(7-11)21(16,18)19/h6-8,10H,5H2,1-4H3,(H2,16,18,19). The number of carbonyl (C=O) groups is 1. The Morgan fingerprint density at radius 2 is 1.90 bits per heavy atom. The number of aryl methyl sites for hydroxylation is 1. The van der Waals surface area contributed by atoms with Gasteiger partial charge in [0.05, 0.1) is 11.7 Å². The number of benzene rings is 1. The quantitative estimate of drug-likeness (QED) is 0.845. The maximum absolute atomic E-state index is 13.8. The average molecular weight is 317 g/mol. The summed E-state index contributed by atoms with van der Waals surface area (Å²) in [7, 11) is -4.24. The molecule has 1 aromatic rings. The molecule has 0 radical (unpaired) electrons. The van der Waals surface area contributed by atoms with Crippen LogP contribution in [-0.2, 0) is 14.8 Å². The molecule has 0 spiro atoms. The smallest absolute Gasteiger partial charge is 0.338 e. The topological polar surface area (TPSA) is 86.5 Å². The Morgan fingerprint density at radius 3 is 2.38 bits per heavy atom. The van der Waals surface area contributed by atoms with E-state index in [0.717, 1.165) is 6.07 Å². The Labute approximate surface area is 124 Å². The Kier molecular flexibility index (Phi) is 5.47. The van der Waals surface area contributed by atoms with Crippen LogP contribution in [0.5, 0.6) is 0 Å². The van der Waals surface area contributed by atoms with Crippen molar-refractivity contribution in [3.05, 3.63) is 29.1 Å². The van der Waals surface area contributed by atoms with E-state index in [9.17, 15) is 17.6 Å². The lowest BCUT2D eigenvalue weighted by Gasteiger charge is -2.16. The first-order valence-corrected chi connectivity index (χ1v) is 8.11. The maximum atomic E-state index is 13.8. The lowest BCUT2D eigenvalue weighted by Crippen LogP contribution is -2.19. The van der Waals surface area contributed by atoms with E-state index in [1.54, 1.807) is 6.92 Å². The lowest BCUT2D eigenvalue weighted by atomic mass is 10.1. The summed E-state index contributed by atoms with van der Waals surface area (Å²) in [5.41, 5.74) is -0.0153. The zero-order chi connectivity index (χ0) is 16.4. The minimum Gasteiger partial charge on any atom is -0.459 e. The van der Waals surface area contributed by atoms with Gasteiger partial charge in [-0.05, 0) is 43.9 Å². The molecule has 7 heteroatoms. The largest absolute Gasteiger partial charge is 0.459 e. The zero-order valence-corrected chi connectivity index (χ0v) is 13.3. The van der Waals surface area contributed by atoms with Crippen LogP contribution in [0.25, 0.3) is 0 Å². The number of primary sulfonamides is 1. The molecule has 1 unspecified atom stereocenters. The van der Waals surface area contributed by atoms with Crippen LogP contribution >= 0.6 is 0 Å². The van der Waals surface area contributed by atoms with Gasteiger partial charge in [-0.3, -0.25) is 0 Å². The molecule has 0 amide bonds. The highest BCUT2D eigenvalue weighted by atomic mass is 32.2. The van der Waals surface area contributed by atoms with E-state index in [4.69, 9.17) is 9.88 Å². The van der Waals surface area contributed by atoms with E-state index in [1.807, 2.05) is 13.8 Å². The summed E-state index contributed by atoms with van der Waals surface area (Å²) in [4.78, 5) is 11.3. The third-order valence-corrected chi connectivity index (χ3v) is 3.79. The van der Waals surface area contributed by atoms with Crippen molar-refractivity contribution in [2.45, 2.75) is 45.1 Å². The lowest BCUT2D eigenvalue weighted by molar-refractivity contribution is 0.0299. The molecule has 0 aliphatic carbocycles. The van der Waals surface area contributed by atoms with Crippen molar-refractivity contribution in [1.29, 1.82) is 0 Å². The van der Waals surface area contributed by atoms with Crippen molar-refractivity contribution in [3.63, 3.8) is 0 Å². The van der Waals surface area contributed by atoms with Gasteiger partial charge in [-0.25, -0.2) is 22.7 Å². The van der Waals surface area contributed by atoms with Crippen LogP contribution in [0.4, 0.5) is 4.39 Å². The summed E-state index contributed by atoms with van der Waals surface area (Å²) < 4.78 is 41.6. The van der Waals surface area contributed by atoms with Crippen LogP contribution < -0.4 is 5.14 Å². The molecule has 1 aromatic carbocycles. The molecule has 1 rings (SSSR count). The molecule has 0 heterocycles. The summed E-state index contributed by atoms with van der Waals surface area (Å²) in [5.74, 6) is -1.30. The summed E-state index contributed by atoms with van der Waals surface area (Å²) in [5, 5.41) is 4.94. The van der Waals surface area contributed by atoms with E-state index in [-0.39, 0.29) is 17.2 Å². The van der Waals surface area contributed by atoms with Gasteiger partial charge in [0.1, 0.15) is 10.7 Å². The first-order chi connectivity index (χ1) is 9.52. The monoisotopic (exact) mass is 317 g/mol. The van der Waals surface area contributed by atoms with Crippen molar-refractivity contribution < 1.29 is 22.3 Å². The minimum absolute atomic E-state index is 0.0185. The Hall–Kier alpha value is -1.47. The Bertz CT molecular complexity index is 641. The second kappa shape index (κ2) is 6.53. The van der Waals surface area contributed by atoms with Gasteiger partial charge in [0.2, 0.25) is 10.0 Å². The van der Waals surface area contributed by atoms with Gasteiger partial charge in [0.25, 0.3) is 0 Å². The molecular formula is C14H20FNO4S. The number of halogens is 1. The van der Waals surface area contributed by atoms with Crippen LogP contribution in [0.15, 0.2) is 17.0 Å². The number of sulfonamides is 1. The third-order valence-electron chi connectivity index (χ3n) is 2.87. The Balaban J connectivity index is 3.09. The number of rotatable bonds is 5. The van der Waals surface area contributed by atoms with Gasteiger partial charge in [-0.2, -0.15) is 0 Å². The van der Waals surface area contributed by atoms with Gasteiger partial charge >= 0.3 is 5.97 Å². The van der Waals surface area contributed by atoms with E-state index in [1.165, 1.54) is 13.0 Å². The molecule has 0 aromatic heterocycles. The van der Waals surface area contributed by atoms with Crippen LogP contribution in [-0.4, -0.2) is 20.5 Å². The number of carbonyl (C=O) groups excluding carboxylic acids is 1. The van der Waals surface area contributed by atoms with Gasteiger partial charge in [-0.1, -0.05) is 13.8 Å². The van der Waals surface area contributed by atoms with E-state index in [0.29, 0.717) is 12.3 Å². The number of hydrogen-bond donors (Lipinski definition) is 1. The number of nitrogens with two attached hydrogens (primary N) is 1. The summed E-state index contributed by atoms with van der Waals surface area (Å²) in [6, 6.07) is 2.15. The highest BCUT2D eigenvalue weighted by Gasteiger charge is 2.21. The van der Waals surface area contributed by atoms with Gasteiger partial charge in [0.15, 0.2) is 0 Å². The van der Waals surface area contributed by atoms with E-state index >= 15 is 0 Å². The second-order valence-electron chi connectivity index (χ2n) is 5.50. The molecular weight excluding hydrogens is 297 g/mol. The summed E-state index contributed by atoms with van der Waals surface area (Å²) >= 11 is 0. The molecule has 0 aliphatic heterocycles. The third kappa shape index (κ3) is 4.78. The predicted molar refractivity (Wildman–Crippen MR) is 76.8 cm³/mol. The SMILES string of the molecule is Cc1cc(C(=O)OC(C)CC(C)C)cc(S(N)(=O)=O)c1F. The van der Waals surface area contributed by atoms with Gasteiger partial charge in [-0.15, -0.1) is 0 Å². The van der Waals surface area contributed by atoms with Crippen LogP contribution in [0, 0.1) is 18.7 Å². The Morgan fingerprint density at radius 1 is 1.33 bits per heavy atom. The molecule has 5 nitrogen and oxygen atoms in total. The molecule has 0 aliphatic rings. The highest BCUT2D eigenvalue weighted by Crippen LogP contribution is 2.20. The van der Waals surface area contributed by atoms with Crippen molar-refractivity contribution in [3.8, 4) is 0 Å². The molecule has 0 saturated heterocycles. The van der Waals surface area contributed by atoms with Gasteiger partial charge in [0, 0.05) is 0 Å². The van der Waals surface area contributed by atoms with Crippen molar-refractivity contribution in [1.82, 2.24) is 0 Å². The van der Waals surface area contributed by atoms with Crippen LogP contribution in [0.1, 0.15) is 43.1 Å². The molecule has 2 N–H and O–H groups in total. The number of hydrogen-bond acceptors (Lipinski definition) is 4. The molecule has 0 bridgehead atoms. The first-order valence-electron chi connectivity index (χ1n) is 6.56. The van der Waals surface area contributed by atoms with Gasteiger partial charge < -0.3 is 4.74 Å². The van der Waals surface area contributed by atoms with Crippen LogP contribution in [0.3, 0.4) is 0 Å². The van der Waals surface area contributed by atoms with Crippen molar-refractivity contribution in [2.75, 3.05) is 0 Å². The molecule has 0 saturated carbocycles. The highest BCUT2D eigenvalue weighted by molar-refractivity contribution is 7.89. The van der Waals surface area contributed by atoms with E-state index < -0.39 is 26.7 Å². The minimum atomic E-state index is -4.24. The number of ether oxygens (including phenoxy) is 1. The second-order valence-corrected chi connectivity index (χ2v) is 7.03. The maximum Gasteiger partial charge on any atom is 0.338 e. The van der Waals surface area contributed by atoms with Crippen LogP contribution in [0.2, 0.25) is 0 Å². The zero-order valence-electron chi connectivity index (χ0n) is 12.5. The van der Waals surface area contributed by atoms with E-state index in [2.05, 4.69) is 0 Å².